The van der Waals surface area contributed by atoms with Crippen LogP contribution in [0.1, 0.15) is 0 Å². The quantitative estimate of drug-likeness (QED) is 0.636. The zero-order chi connectivity index (χ0) is 13.0. The molecule has 0 fully saturated rings. The zero-order valence-corrected chi connectivity index (χ0v) is 8.54. The smallest absolute Gasteiger partial charge is 0.309 e. The Labute approximate surface area is 94.0 Å². The summed E-state index contributed by atoms with van der Waals surface area (Å²) in [6.45, 7) is 0. The molecule has 7 heteroatoms. The zero-order valence-electron chi connectivity index (χ0n) is 8.54. The van der Waals surface area contributed by atoms with Gasteiger partial charge in [0.25, 0.3) is 5.56 Å². The fourth-order valence-electron chi connectivity index (χ4n) is 1.18. The lowest BCUT2D eigenvalue weighted by Crippen LogP contribution is -2.18. The second-order valence-corrected chi connectivity index (χ2v) is 3.03. The van der Waals surface area contributed by atoms with Crippen molar-refractivity contribution < 1.29 is 13.6 Å². The first-order valence-corrected chi connectivity index (χ1v) is 4.44. The van der Waals surface area contributed by atoms with E-state index in [9.17, 15) is 13.6 Å². The van der Waals surface area contributed by atoms with Gasteiger partial charge in [-0.15, -0.1) is 0 Å². The summed E-state index contributed by atoms with van der Waals surface area (Å²) in [5, 5.41) is 0.0830. The number of halogens is 2. The Hall–Kier alpha value is -2.44. The second kappa shape index (κ2) is 5.06. The number of fused-ring (bicyclic) bond motifs is 1. The number of urea groups is 1. The van der Waals surface area contributed by atoms with Gasteiger partial charge in [0.05, 0.1) is 5.52 Å². The highest BCUT2D eigenvalue weighted by Gasteiger charge is 2.10. The molecular weight excluding hydrogens is 232 g/mol. The standard InChI is InChI=1S/C9H5F2NO.CH4N2O/c10-7-5-3-1-2-4-6(5)12-9(13)8(7)11;2-1(3)4/h1-4H,(H,12,13);(H4,2,3,4). The summed E-state index contributed by atoms with van der Waals surface area (Å²) < 4.78 is 25.8. The topological polar surface area (TPSA) is 102 Å². The predicted molar refractivity (Wildman–Crippen MR) is 58.3 cm³/mol. The molecule has 0 aliphatic carbocycles. The van der Waals surface area contributed by atoms with Gasteiger partial charge in [-0.3, -0.25) is 4.79 Å². The number of aromatic amines is 1. The summed E-state index contributed by atoms with van der Waals surface area (Å²) >= 11 is 0. The van der Waals surface area contributed by atoms with E-state index in [2.05, 4.69) is 16.5 Å². The van der Waals surface area contributed by atoms with Gasteiger partial charge in [0.2, 0.25) is 5.82 Å². The number of nitrogens with two attached hydrogens (primary N) is 2. The first-order chi connectivity index (χ1) is 7.93. The third kappa shape index (κ3) is 3.00. The molecule has 0 saturated heterocycles. The van der Waals surface area contributed by atoms with Crippen molar-refractivity contribution in [3.8, 4) is 0 Å². The lowest BCUT2D eigenvalue weighted by molar-refractivity contribution is 0.256. The molecule has 2 aromatic rings. The van der Waals surface area contributed by atoms with Crippen LogP contribution in [-0.4, -0.2) is 11.0 Å². The third-order valence-corrected chi connectivity index (χ3v) is 1.80. The highest BCUT2D eigenvalue weighted by atomic mass is 19.2. The lowest BCUT2D eigenvalue weighted by Gasteiger charge is -1.98. The first kappa shape index (κ1) is 12.6. The molecule has 2 rings (SSSR count). The Morgan fingerprint density at radius 3 is 2.24 bits per heavy atom. The number of carbonyl (C=O) groups excluding carboxylic acids is 1. The molecular formula is C10H9F2N3O2. The van der Waals surface area contributed by atoms with Crippen molar-refractivity contribution in [3.63, 3.8) is 0 Å². The van der Waals surface area contributed by atoms with E-state index in [1.54, 1.807) is 12.1 Å². The average molecular weight is 241 g/mol. The summed E-state index contributed by atoms with van der Waals surface area (Å²) in [7, 11) is 0. The number of pyridine rings is 1. The number of rotatable bonds is 0. The predicted octanol–water partition coefficient (Wildman–Crippen LogP) is 0.830. The van der Waals surface area contributed by atoms with E-state index in [0.29, 0.717) is 5.52 Å². The van der Waals surface area contributed by atoms with Gasteiger partial charge < -0.3 is 16.5 Å². The summed E-state index contributed by atoms with van der Waals surface area (Å²) in [6, 6.07) is 5.29. The number of carbonyl (C=O) groups is 1. The van der Waals surface area contributed by atoms with Gasteiger partial charge >= 0.3 is 6.03 Å². The van der Waals surface area contributed by atoms with Crippen molar-refractivity contribution in [3.05, 3.63) is 46.3 Å². The molecule has 5 N–H and O–H groups in total. The fourth-order valence-corrected chi connectivity index (χ4v) is 1.18. The van der Waals surface area contributed by atoms with Gasteiger partial charge in [-0.25, -0.2) is 9.18 Å². The van der Waals surface area contributed by atoms with Crippen LogP contribution in [0.3, 0.4) is 0 Å². The number of para-hydroxylation sites is 1. The average Bonchev–Trinajstić information content (AvgIpc) is 2.25. The Morgan fingerprint density at radius 1 is 1.12 bits per heavy atom. The van der Waals surface area contributed by atoms with Crippen LogP contribution in [0.2, 0.25) is 0 Å². The van der Waals surface area contributed by atoms with Crippen LogP contribution in [0.25, 0.3) is 10.9 Å². The molecule has 5 nitrogen and oxygen atoms in total. The monoisotopic (exact) mass is 241 g/mol. The Balaban J connectivity index is 0.000000317. The number of nitrogens with one attached hydrogen (secondary N) is 1. The van der Waals surface area contributed by atoms with E-state index < -0.39 is 23.2 Å². The summed E-state index contributed by atoms with van der Waals surface area (Å²) in [5.74, 6) is -2.46. The lowest BCUT2D eigenvalue weighted by atomic mass is 10.2. The fraction of sp³-hybridized carbons (Fsp3) is 0. The van der Waals surface area contributed by atoms with Gasteiger partial charge in [-0.2, -0.15) is 4.39 Å². The van der Waals surface area contributed by atoms with Gasteiger partial charge in [0, 0.05) is 5.39 Å². The molecule has 0 aliphatic rings. The van der Waals surface area contributed by atoms with Gasteiger partial charge in [0.1, 0.15) is 0 Å². The van der Waals surface area contributed by atoms with Crippen LogP contribution >= 0.6 is 0 Å². The van der Waals surface area contributed by atoms with Crippen molar-refractivity contribution in [2.45, 2.75) is 0 Å². The van der Waals surface area contributed by atoms with Crippen molar-refractivity contribution in [2.24, 2.45) is 11.5 Å². The van der Waals surface area contributed by atoms with Crippen LogP contribution in [0.15, 0.2) is 29.1 Å². The number of benzene rings is 1. The minimum Gasteiger partial charge on any atom is -0.352 e. The van der Waals surface area contributed by atoms with E-state index >= 15 is 0 Å². The normalized spacial score (nSPS) is 9.53. The van der Waals surface area contributed by atoms with Gasteiger partial charge in [-0.05, 0) is 12.1 Å². The van der Waals surface area contributed by atoms with Gasteiger partial charge in [0.15, 0.2) is 5.82 Å². The van der Waals surface area contributed by atoms with Crippen molar-refractivity contribution >= 4 is 16.9 Å². The van der Waals surface area contributed by atoms with Gasteiger partial charge in [-0.1, -0.05) is 12.1 Å². The maximum Gasteiger partial charge on any atom is 0.309 e. The third-order valence-electron chi connectivity index (χ3n) is 1.80. The SMILES string of the molecule is NC(N)=O.O=c1[nH]c2ccccc2c(F)c1F. The molecule has 0 radical (unpaired) electrons. The highest BCUT2D eigenvalue weighted by molar-refractivity contribution is 5.78. The van der Waals surface area contributed by atoms with E-state index in [-0.39, 0.29) is 5.39 Å². The Bertz CT molecular complexity index is 606. The first-order valence-electron chi connectivity index (χ1n) is 4.44. The molecule has 0 unspecified atom stereocenters. The summed E-state index contributed by atoms with van der Waals surface area (Å²) in [5.41, 5.74) is 7.77. The molecule has 0 aliphatic heterocycles. The van der Waals surface area contributed by atoms with Crippen molar-refractivity contribution in [2.75, 3.05) is 0 Å². The second-order valence-electron chi connectivity index (χ2n) is 3.03. The summed E-state index contributed by atoms with van der Waals surface area (Å²) in [6.07, 6.45) is 0. The Kier molecular flexibility index (Phi) is 3.76. The number of aromatic nitrogens is 1. The van der Waals surface area contributed by atoms with Crippen LogP contribution in [0, 0.1) is 11.6 Å². The van der Waals surface area contributed by atoms with Crippen molar-refractivity contribution in [1.82, 2.24) is 4.98 Å². The van der Waals surface area contributed by atoms with E-state index in [1.807, 2.05) is 0 Å². The number of hydrogen-bond donors (Lipinski definition) is 3. The molecule has 0 spiro atoms. The molecule has 0 atom stereocenters. The van der Waals surface area contributed by atoms with Crippen LogP contribution in [0.5, 0.6) is 0 Å². The minimum atomic E-state index is -1.36. The summed E-state index contributed by atoms with van der Waals surface area (Å²) in [4.78, 5) is 22.0. The molecule has 1 heterocycles. The van der Waals surface area contributed by atoms with E-state index in [0.717, 1.165) is 0 Å². The molecule has 17 heavy (non-hydrogen) atoms. The number of amides is 2. The highest BCUT2D eigenvalue weighted by Crippen LogP contribution is 2.14. The van der Waals surface area contributed by atoms with E-state index in [1.165, 1.54) is 12.1 Å². The maximum atomic E-state index is 13.1. The maximum absolute atomic E-state index is 13.1. The molecule has 1 aromatic heterocycles. The Morgan fingerprint density at radius 2 is 1.65 bits per heavy atom. The molecule has 90 valence electrons. The molecule has 1 aromatic carbocycles. The molecule has 0 saturated carbocycles. The molecule has 0 bridgehead atoms. The van der Waals surface area contributed by atoms with Crippen molar-refractivity contribution in [1.29, 1.82) is 0 Å². The number of hydrogen-bond acceptors (Lipinski definition) is 2. The number of H-pyrrole nitrogens is 1. The van der Waals surface area contributed by atoms with Crippen LogP contribution < -0.4 is 17.0 Å². The van der Waals surface area contributed by atoms with Crippen LogP contribution in [-0.2, 0) is 0 Å². The van der Waals surface area contributed by atoms with Crippen LogP contribution in [0.4, 0.5) is 13.6 Å². The number of primary amides is 2. The largest absolute Gasteiger partial charge is 0.352 e. The molecule has 2 amide bonds. The van der Waals surface area contributed by atoms with E-state index in [4.69, 9.17) is 4.79 Å². The minimum absolute atomic E-state index is 0.0830.